The van der Waals surface area contributed by atoms with Gasteiger partial charge in [0.05, 0.1) is 10.5 Å². The number of benzene rings is 1. The number of primary amides is 1. The summed E-state index contributed by atoms with van der Waals surface area (Å²) in [5, 5.41) is 3.07. The van der Waals surface area contributed by atoms with Gasteiger partial charge in [0.1, 0.15) is 5.75 Å². The van der Waals surface area contributed by atoms with Crippen LogP contribution >= 0.6 is 0 Å². The lowest BCUT2D eigenvalue weighted by molar-refractivity contribution is -0.128. The second-order valence-electron chi connectivity index (χ2n) is 9.53. The predicted molar refractivity (Wildman–Crippen MR) is 120 cm³/mol. The van der Waals surface area contributed by atoms with Crippen molar-refractivity contribution in [2.24, 2.45) is 23.5 Å². The lowest BCUT2D eigenvalue weighted by Crippen LogP contribution is -2.45. The largest absolute Gasteiger partial charge is 0.480 e. The number of carbonyl (C=O) groups is 2. The molecule has 3 fully saturated rings. The zero-order valence-electron chi connectivity index (χ0n) is 18.7. The normalized spacial score (nSPS) is 27.2. The van der Waals surface area contributed by atoms with Crippen LogP contribution in [-0.2, 0) is 14.8 Å². The van der Waals surface area contributed by atoms with E-state index in [2.05, 4.69) is 5.32 Å². The fourth-order valence-corrected chi connectivity index (χ4v) is 7.19. The topological polar surface area (TPSA) is 119 Å². The molecule has 1 aliphatic heterocycles. The molecule has 4 rings (SSSR count). The van der Waals surface area contributed by atoms with Gasteiger partial charge in [-0.25, -0.2) is 8.42 Å². The van der Waals surface area contributed by atoms with Crippen molar-refractivity contribution in [1.82, 2.24) is 9.62 Å². The molecule has 1 aromatic carbocycles. The van der Waals surface area contributed by atoms with Crippen molar-refractivity contribution in [3.05, 3.63) is 23.8 Å². The molecule has 5 atom stereocenters. The van der Waals surface area contributed by atoms with Gasteiger partial charge in [0.2, 0.25) is 10.0 Å². The average molecular weight is 464 g/mol. The standard InChI is InChI=1S/C23H33N3O5S/c1-14(19-12-16-5-6-17(19)11-16)25-23(28)15(2)31-21-8-7-18(13-20(21)22(24)27)32(29,30)26-9-3-4-10-26/h7-8,13-17,19H,3-6,9-12H2,1-2H3,(H2,24,27)(H,25,28)/t14-,15+,16+,17+,19+/m1/s1. The highest BCUT2D eigenvalue weighted by Gasteiger charge is 2.42. The molecule has 0 unspecified atom stereocenters. The van der Waals surface area contributed by atoms with Gasteiger partial charge >= 0.3 is 0 Å². The number of ether oxygens (including phenoxy) is 1. The van der Waals surface area contributed by atoms with E-state index >= 15 is 0 Å². The van der Waals surface area contributed by atoms with E-state index in [0.717, 1.165) is 18.8 Å². The number of nitrogens with zero attached hydrogens (tertiary/aromatic N) is 1. The lowest BCUT2D eigenvalue weighted by atomic mass is 9.84. The van der Waals surface area contributed by atoms with Gasteiger partial charge in [-0.1, -0.05) is 6.42 Å². The van der Waals surface area contributed by atoms with Crippen molar-refractivity contribution >= 4 is 21.8 Å². The number of hydrogen-bond donors (Lipinski definition) is 2. The summed E-state index contributed by atoms with van der Waals surface area (Å²) in [6.45, 7) is 4.58. The quantitative estimate of drug-likeness (QED) is 0.613. The van der Waals surface area contributed by atoms with Crippen LogP contribution in [0.2, 0.25) is 0 Å². The van der Waals surface area contributed by atoms with Crippen molar-refractivity contribution in [2.75, 3.05) is 13.1 Å². The first-order valence-electron chi connectivity index (χ1n) is 11.6. The Balaban J connectivity index is 1.44. The Labute approximate surface area is 189 Å². The maximum atomic E-state index is 12.8. The second-order valence-corrected chi connectivity index (χ2v) is 11.5. The van der Waals surface area contributed by atoms with Gasteiger partial charge in [0.25, 0.3) is 11.8 Å². The number of amides is 2. The van der Waals surface area contributed by atoms with Crippen molar-refractivity contribution < 1.29 is 22.7 Å². The molecule has 3 aliphatic rings. The first-order chi connectivity index (χ1) is 15.2. The minimum Gasteiger partial charge on any atom is -0.480 e. The van der Waals surface area contributed by atoms with Gasteiger partial charge < -0.3 is 15.8 Å². The van der Waals surface area contributed by atoms with Crippen molar-refractivity contribution in [2.45, 2.75) is 69.4 Å². The molecule has 1 aromatic rings. The lowest BCUT2D eigenvalue weighted by Gasteiger charge is -2.29. The van der Waals surface area contributed by atoms with E-state index in [1.807, 2.05) is 6.92 Å². The number of rotatable bonds is 8. The minimum atomic E-state index is -3.70. The Kier molecular flexibility index (Phi) is 6.49. The zero-order chi connectivity index (χ0) is 23.0. The van der Waals surface area contributed by atoms with Gasteiger partial charge in [-0.05, 0) is 81.9 Å². The van der Waals surface area contributed by atoms with E-state index in [0.29, 0.717) is 24.9 Å². The summed E-state index contributed by atoms with van der Waals surface area (Å²) >= 11 is 0. The summed E-state index contributed by atoms with van der Waals surface area (Å²) in [7, 11) is -3.70. The smallest absolute Gasteiger partial charge is 0.260 e. The molecular weight excluding hydrogens is 430 g/mol. The van der Waals surface area contributed by atoms with E-state index in [4.69, 9.17) is 10.5 Å². The molecule has 3 N–H and O–H groups in total. The third-order valence-corrected chi connectivity index (χ3v) is 9.29. The van der Waals surface area contributed by atoms with Gasteiger partial charge in [-0.2, -0.15) is 4.31 Å². The number of sulfonamides is 1. The highest BCUT2D eigenvalue weighted by Crippen LogP contribution is 2.49. The van der Waals surface area contributed by atoms with E-state index < -0.39 is 22.0 Å². The Hall–Kier alpha value is -2.13. The van der Waals surface area contributed by atoms with Crippen LogP contribution in [0.5, 0.6) is 5.75 Å². The molecule has 1 heterocycles. The minimum absolute atomic E-state index is 0.00237. The highest BCUT2D eigenvalue weighted by atomic mass is 32.2. The molecule has 9 heteroatoms. The summed E-state index contributed by atoms with van der Waals surface area (Å²) < 4.78 is 32.8. The third-order valence-electron chi connectivity index (χ3n) is 7.40. The zero-order valence-corrected chi connectivity index (χ0v) is 19.6. The Morgan fingerprint density at radius 1 is 1.16 bits per heavy atom. The van der Waals surface area contributed by atoms with Crippen LogP contribution < -0.4 is 15.8 Å². The first kappa shape index (κ1) is 23.0. The summed E-state index contributed by atoms with van der Waals surface area (Å²) in [6, 6.07) is 4.12. The molecule has 176 valence electrons. The molecule has 1 saturated heterocycles. The first-order valence-corrected chi connectivity index (χ1v) is 13.0. The van der Waals surface area contributed by atoms with Gasteiger partial charge in [0.15, 0.2) is 6.10 Å². The fraction of sp³-hybridized carbons (Fsp3) is 0.652. The summed E-state index contributed by atoms with van der Waals surface area (Å²) in [6.07, 6.45) is 5.77. The van der Waals surface area contributed by atoms with Crippen molar-refractivity contribution in [3.63, 3.8) is 0 Å². The fourth-order valence-electron chi connectivity index (χ4n) is 5.64. The van der Waals surface area contributed by atoms with E-state index in [9.17, 15) is 18.0 Å². The second kappa shape index (κ2) is 9.02. The predicted octanol–water partition coefficient (Wildman–Crippen LogP) is 2.28. The van der Waals surface area contributed by atoms with E-state index in [1.165, 1.54) is 48.2 Å². The third kappa shape index (κ3) is 4.50. The van der Waals surface area contributed by atoms with Crippen LogP contribution in [0.25, 0.3) is 0 Å². The molecule has 0 radical (unpaired) electrons. The SMILES string of the molecule is C[C@H](Oc1ccc(S(=O)(=O)N2CCCC2)cc1C(N)=O)C(=O)N[C@H](C)[C@@H]1C[C@H]2CC[C@H]1C2. The number of nitrogens with two attached hydrogens (primary N) is 1. The maximum absolute atomic E-state index is 12.8. The molecule has 2 amide bonds. The summed E-state index contributed by atoms with van der Waals surface area (Å²) in [4.78, 5) is 24.8. The van der Waals surface area contributed by atoms with Crippen LogP contribution in [0.15, 0.2) is 23.1 Å². The van der Waals surface area contributed by atoms with Crippen LogP contribution in [-0.4, -0.2) is 49.8 Å². The molecule has 2 saturated carbocycles. The molecular formula is C23H33N3O5S. The average Bonchev–Trinajstić information content (AvgIpc) is 3.51. The number of nitrogens with one attached hydrogen (secondary N) is 1. The van der Waals surface area contributed by atoms with E-state index in [1.54, 1.807) is 6.92 Å². The Morgan fingerprint density at radius 3 is 2.47 bits per heavy atom. The molecule has 32 heavy (non-hydrogen) atoms. The van der Waals surface area contributed by atoms with Gasteiger partial charge in [-0.15, -0.1) is 0 Å². The molecule has 2 aliphatic carbocycles. The highest BCUT2D eigenvalue weighted by molar-refractivity contribution is 7.89. The van der Waals surface area contributed by atoms with Crippen LogP contribution in [0.1, 0.15) is 62.7 Å². The molecule has 8 nitrogen and oxygen atoms in total. The summed E-state index contributed by atoms with van der Waals surface area (Å²) in [5.74, 6) is 1.03. The Morgan fingerprint density at radius 2 is 1.88 bits per heavy atom. The van der Waals surface area contributed by atoms with Crippen LogP contribution in [0, 0.1) is 17.8 Å². The monoisotopic (exact) mass is 463 g/mol. The van der Waals surface area contributed by atoms with Gasteiger partial charge in [0, 0.05) is 19.1 Å². The molecule has 0 aromatic heterocycles. The maximum Gasteiger partial charge on any atom is 0.260 e. The number of carbonyl (C=O) groups excluding carboxylic acids is 2. The molecule has 0 spiro atoms. The van der Waals surface area contributed by atoms with Crippen molar-refractivity contribution in [1.29, 1.82) is 0 Å². The van der Waals surface area contributed by atoms with Crippen LogP contribution in [0.4, 0.5) is 0 Å². The Bertz CT molecular complexity index is 989. The van der Waals surface area contributed by atoms with Crippen molar-refractivity contribution in [3.8, 4) is 5.75 Å². The number of fused-ring (bicyclic) bond motifs is 2. The van der Waals surface area contributed by atoms with Gasteiger partial charge in [-0.3, -0.25) is 9.59 Å². The van der Waals surface area contributed by atoms with Crippen LogP contribution in [0.3, 0.4) is 0 Å². The van der Waals surface area contributed by atoms with E-state index in [-0.39, 0.29) is 28.2 Å². The summed E-state index contributed by atoms with van der Waals surface area (Å²) in [5.41, 5.74) is 5.45. The number of hydrogen-bond acceptors (Lipinski definition) is 5. The molecule has 2 bridgehead atoms.